The highest BCUT2D eigenvalue weighted by Crippen LogP contribution is 2.35. The van der Waals surface area contributed by atoms with Gasteiger partial charge in [0.15, 0.2) is 17.5 Å². The van der Waals surface area contributed by atoms with E-state index < -0.39 is 0 Å². The Hall–Kier alpha value is -1.26. The van der Waals surface area contributed by atoms with Crippen LogP contribution < -0.4 is 20.1 Å². The number of guanidine groups is 1. The number of methoxy groups -OCH3 is 1. The molecule has 4 rings (SSSR count). The summed E-state index contributed by atoms with van der Waals surface area (Å²) in [5.41, 5.74) is 1.26. The molecule has 0 atom stereocenters. The van der Waals surface area contributed by atoms with Crippen LogP contribution in [-0.2, 0) is 11.3 Å². The number of hydrogen-bond acceptors (Lipinski definition) is 5. The first-order valence-electron chi connectivity index (χ1n) is 12.3. The fourth-order valence-corrected chi connectivity index (χ4v) is 5.36. The van der Waals surface area contributed by atoms with E-state index in [0.717, 1.165) is 68.5 Å². The van der Waals surface area contributed by atoms with Gasteiger partial charge in [-0.3, -0.25) is 9.89 Å². The number of nitrogens with one attached hydrogen (secondary N) is 2. The zero-order chi connectivity index (χ0) is 22.2. The summed E-state index contributed by atoms with van der Waals surface area (Å²) < 4.78 is 17.7. The molecule has 0 amide bonds. The number of nitrogens with zero attached hydrogens (tertiary/aromatic N) is 2. The predicted molar refractivity (Wildman–Crippen MR) is 143 cm³/mol. The normalized spacial score (nSPS) is 21.5. The van der Waals surface area contributed by atoms with Crippen LogP contribution in [-0.4, -0.2) is 69.5 Å². The van der Waals surface area contributed by atoms with Crippen LogP contribution in [0.2, 0.25) is 0 Å². The van der Waals surface area contributed by atoms with Crippen LogP contribution in [0, 0.1) is 0 Å². The van der Waals surface area contributed by atoms with E-state index in [0.29, 0.717) is 6.54 Å². The second-order valence-electron chi connectivity index (χ2n) is 9.28. The van der Waals surface area contributed by atoms with E-state index in [-0.39, 0.29) is 35.6 Å². The van der Waals surface area contributed by atoms with Crippen molar-refractivity contribution in [1.29, 1.82) is 0 Å². The average molecular weight is 573 g/mol. The molecular formula is C25H41IN4O3. The van der Waals surface area contributed by atoms with E-state index in [9.17, 15) is 0 Å². The molecule has 0 bridgehead atoms. The quantitative estimate of drug-likeness (QED) is 0.280. The molecule has 2 saturated heterocycles. The molecule has 0 radical (unpaired) electrons. The van der Waals surface area contributed by atoms with Crippen LogP contribution in [0.3, 0.4) is 0 Å². The minimum Gasteiger partial charge on any atom is -0.493 e. The Kier molecular flexibility index (Phi) is 10.4. The minimum absolute atomic E-state index is 0. The summed E-state index contributed by atoms with van der Waals surface area (Å²) in [5.74, 6) is 2.49. The lowest BCUT2D eigenvalue weighted by Crippen LogP contribution is -2.58. The van der Waals surface area contributed by atoms with Crippen molar-refractivity contribution in [3.8, 4) is 11.5 Å². The van der Waals surface area contributed by atoms with Gasteiger partial charge in [0.25, 0.3) is 0 Å². The van der Waals surface area contributed by atoms with E-state index in [1.54, 1.807) is 7.11 Å². The first kappa shape index (κ1) is 26.3. The lowest BCUT2D eigenvalue weighted by Gasteiger charge is -2.45. The molecule has 0 aromatic heterocycles. The van der Waals surface area contributed by atoms with Gasteiger partial charge in [-0.1, -0.05) is 12.1 Å². The second kappa shape index (κ2) is 13.0. The van der Waals surface area contributed by atoms with E-state index in [2.05, 4.69) is 26.6 Å². The molecule has 2 N–H and O–H groups in total. The first-order valence-corrected chi connectivity index (χ1v) is 12.3. The highest BCUT2D eigenvalue weighted by Gasteiger charge is 2.39. The van der Waals surface area contributed by atoms with Crippen LogP contribution >= 0.6 is 24.0 Å². The molecule has 3 fully saturated rings. The Morgan fingerprint density at radius 2 is 1.85 bits per heavy atom. The fraction of sp³-hybridized carbons (Fsp3) is 0.720. The zero-order valence-electron chi connectivity index (χ0n) is 20.2. The highest BCUT2D eigenvalue weighted by atomic mass is 127. The number of aliphatic imine (C=N–C) groups is 1. The van der Waals surface area contributed by atoms with Gasteiger partial charge in [0.05, 0.1) is 13.2 Å². The van der Waals surface area contributed by atoms with Crippen LogP contribution in [0.1, 0.15) is 56.9 Å². The van der Waals surface area contributed by atoms with Gasteiger partial charge >= 0.3 is 0 Å². The summed E-state index contributed by atoms with van der Waals surface area (Å²) in [6, 6.07) is 6.11. The number of hydrogen-bond donors (Lipinski definition) is 2. The summed E-state index contributed by atoms with van der Waals surface area (Å²) in [5, 5.41) is 7.12. The van der Waals surface area contributed by atoms with Crippen molar-refractivity contribution in [2.75, 3.05) is 47.0 Å². The van der Waals surface area contributed by atoms with Crippen molar-refractivity contribution < 1.29 is 14.2 Å². The maximum Gasteiger partial charge on any atom is 0.191 e. The predicted octanol–water partition coefficient (Wildman–Crippen LogP) is 3.94. The molecule has 3 aliphatic rings. The topological polar surface area (TPSA) is 67.4 Å². The summed E-state index contributed by atoms with van der Waals surface area (Å²) in [6.45, 7) is 5.60. The zero-order valence-corrected chi connectivity index (χ0v) is 22.6. The van der Waals surface area contributed by atoms with E-state index >= 15 is 0 Å². The third kappa shape index (κ3) is 6.66. The summed E-state index contributed by atoms with van der Waals surface area (Å²) in [6.07, 6.45) is 9.77. The molecule has 33 heavy (non-hydrogen) atoms. The van der Waals surface area contributed by atoms with Gasteiger partial charge in [0.1, 0.15) is 0 Å². The van der Waals surface area contributed by atoms with Crippen LogP contribution in [0.4, 0.5) is 0 Å². The molecule has 0 spiro atoms. The molecule has 1 aromatic carbocycles. The SMILES string of the molecule is CN=C(NCc1cccc(OC)c1OC1CCCC1)NCC1(N2CCCC2)CCOCC1.I. The van der Waals surface area contributed by atoms with Crippen molar-refractivity contribution in [3.05, 3.63) is 23.8 Å². The molecule has 0 unspecified atom stereocenters. The van der Waals surface area contributed by atoms with E-state index in [4.69, 9.17) is 14.2 Å². The highest BCUT2D eigenvalue weighted by molar-refractivity contribution is 14.0. The standard InChI is InChI=1S/C25H40N4O3.HI/c1-26-24(28-19-25(12-16-31-17-13-25)29-14-5-6-15-29)27-18-20-8-7-11-22(30-2)23(20)32-21-9-3-4-10-21;/h7-8,11,21H,3-6,9-10,12-19H2,1-2H3,(H2,26,27,28);1H. The molecule has 2 heterocycles. The monoisotopic (exact) mass is 572 g/mol. The molecule has 1 aliphatic carbocycles. The van der Waals surface area contributed by atoms with Crippen molar-refractivity contribution in [2.24, 2.45) is 4.99 Å². The largest absolute Gasteiger partial charge is 0.493 e. The van der Waals surface area contributed by atoms with E-state index in [1.807, 2.05) is 19.2 Å². The minimum atomic E-state index is 0. The molecule has 8 heteroatoms. The number of halogens is 1. The van der Waals surface area contributed by atoms with Crippen LogP contribution in [0.25, 0.3) is 0 Å². The van der Waals surface area contributed by atoms with Gasteiger partial charge in [0, 0.05) is 44.5 Å². The number of para-hydroxylation sites is 1. The van der Waals surface area contributed by atoms with Crippen molar-refractivity contribution in [2.45, 2.75) is 69.6 Å². The van der Waals surface area contributed by atoms with Crippen molar-refractivity contribution in [3.63, 3.8) is 0 Å². The Balaban J connectivity index is 0.00000306. The van der Waals surface area contributed by atoms with Gasteiger partial charge in [-0.25, -0.2) is 0 Å². The Morgan fingerprint density at radius 3 is 2.52 bits per heavy atom. The second-order valence-corrected chi connectivity index (χ2v) is 9.28. The lowest BCUT2D eigenvalue weighted by atomic mass is 9.88. The summed E-state index contributed by atoms with van der Waals surface area (Å²) >= 11 is 0. The van der Waals surface area contributed by atoms with Gasteiger partial charge in [-0.2, -0.15) is 0 Å². The molecule has 1 saturated carbocycles. The lowest BCUT2D eigenvalue weighted by molar-refractivity contribution is -0.0164. The Bertz CT molecular complexity index is 758. The third-order valence-electron chi connectivity index (χ3n) is 7.32. The molecule has 186 valence electrons. The summed E-state index contributed by atoms with van der Waals surface area (Å²) in [7, 11) is 3.55. The summed E-state index contributed by atoms with van der Waals surface area (Å²) in [4.78, 5) is 7.17. The Labute approximate surface area is 216 Å². The maximum absolute atomic E-state index is 6.39. The fourth-order valence-electron chi connectivity index (χ4n) is 5.36. The van der Waals surface area contributed by atoms with Crippen LogP contribution in [0.15, 0.2) is 23.2 Å². The maximum atomic E-state index is 6.39. The Morgan fingerprint density at radius 1 is 1.12 bits per heavy atom. The van der Waals surface area contributed by atoms with E-state index in [1.165, 1.54) is 38.8 Å². The van der Waals surface area contributed by atoms with Gasteiger partial charge in [-0.15, -0.1) is 24.0 Å². The third-order valence-corrected chi connectivity index (χ3v) is 7.32. The molecule has 2 aliphatic heterocycles. The number of rotatable bonds is 8. The average Bonchev–Trinajstić information content (AvgIpc) is 3.55. The van der Waals surface area contributed by atoms with Gasteiger partial charge < -0.3 is 24.8 Å². The number of benzene rings is 1. The first-order chi connectivity index (χ1) is 15.7. The van der Waals surface area contributed by atoms with Gasteiger partial charge in [-0.05, 0) is 70.5 Å². The number of ether oxygens (including phenoxy) is 3. The molecular weight excluding hydrogens is 531 g/mol. The van der Waals surface area contributed by atoms with Crippen molar-refractivity contribution >= 4 is 29.9 Å². The molecule has 1 aromatic rings. The smallest absolute Gasteiger partial charge is 0.191 e. The number of likely N-dealkylation sites (tertiary alicyclic amines) is 1. The molecule has 7 nitrogen and oxygen atoms in total. The van der Waals surface area contributed by atoms with Crippen LogP contribution in [0.5, 0.6) is 11.5 Å². The van der Waals surface area contributed by atoms with Crippen molar-refractivity contribution in [1.82, 2.24) is 15.5 Å². The van der Waals surface area contributed by atoms with Gasteiger partial charge in [0.2, 0.25) is 0 Å².